The zero-order chi connectivity index (χ0) is 19.0. The van der Waals surface area contributed by atoms with E-state index in [4.69, 9.17) is 5.73 Å². The summed E-state index contributed by atoms with van der Waals surface area (Å²) >= 11 is 0. The van der Waals surface area contributed by atoms with Crippen LogP contribution in [0.15, 0.2) is 23.8 Å². The average Bonchev–Trinajstić information content (AvgIpc) is 3.44. The van der Waals surface area contributed by atoms with Crippen LogP contribution < -0.4 is 5.73 Å². The molecular formula is C22H25N3O2. The molecule has 4 rings (SSSR count). The van der Waals surface area contributed by atoms with E-state index in [0.29, 0.717) is 30.4 Å². The highest BCUT2D eigenvalue weighted by Gasteiger charge is 2.45. The Morgan fingerprint density at radius 2 is 1.96 bits per heavy atom. The van der Waals surface area contributed by atoms with Crippen LogP contribution in [0, 0.1) is 16.7 Å². The van der Waals surface area contributed by atoms with Crippen LogP contribution in [0.5, 0.6) is 0 Å². The van der Waals surface area contributed by atoms with Crippen LogP contribution >= 0.6 is 0 Å². The van der Waals surface area contributed by atoms with E-state index < -0.39 is 0 Å². The molecule has 0 unspecified atom stereocenters. The minimum Gasteiger partial charge on any atom is -0.370 e. The third-order valence-corrected chi connectivity index (χ3v) is 6.37. The maximum absolute atomic E-state index is 12.6. The van der Waals surface area contributed by atoms with Gasteiger partial charge in [-0.1, -0.05) is 12.1 Å². The van der Waals surface area contributed by atoms with Crippen molar-refractivity contribution in [1.82, 2.24) is 4.90 Å². The first kappa shape index (κ1) is 17.9. The van der Waals surface area contributed by atoms with Gasteiger partial charge in [0.1, 0.15) is 11.6 Å². The molecule has 0 radical (unpaired) electrons. The highest BCUT2D eigenvalue weighted by Crippen LogP contribution is 2.54. The summed E-state index contributed by atoms with van der Waals surface area (Å²) < 4.78 is 0. The molecule has 1 saturated heterocycles. The van der Waals surface area contributed by atoms with Gasteiger partial charge in [0.15, 0.2) is 11.6 Å². The second kappa shape index (κ2) is 6.94. The number of benzene rings is 1. The van der Waals surface area contributed by atoms with Crippen molar-refractivity contribution in [2.24, 2.45) is 11.1 Å². The van der Waals surface area contributed by atoms with Gasteiger partial charge in [-0.2, -0.15) is 5.26 Å². The van der Waals surface area contributed by atoms with Crippen molar-refractivity contribution in [1.29, 1.82) is 5.26 Å². The summed E-state index contributed by atoms with van der Waals surface area (Å²) in [5.41, 5.74) is 9.48. The van der Waals surface area contributed by atoms with E-state index >= 15 is 0 Å². The number of ketones is 2. The fourth-order valence-corrected chi connectivity index (χ4v) is 4.38. The molecule has 1 aromatic carbocycles. The molecule has 1 saturated carbocycles. The molecular weight excluding hydrogens is 338 g/mol. The molecule has 1 aliphatic heterocycles. The number of hydrogen-bond donors (Lipinski definition) is 1. The normalized spacial score (nSPS) is 20.4. The second-order valence-electron chi connectivity index (χ2n) is 8.11. The SMILES string of the molecule is N#CC1=C(N2CCC3(CC2)CC3)c2cc(C(=O)CCCN)ccc2CC1=O. The fourth-order valence-electron chi connectivity index (χ4n) is 4.38. The van der Waals surface area contributed by atoms with Gasteiger partial charge in [-0.05, 0) is 55.7 Å². The molecule has 0 amide bonds. The number of fused-ring (bicyclic) bond motifs is 1. The zero-order valence-electron chi connectivity index (χ0n) is 15.6. The van der Waals surface area contributed by atoms with E-state index in [1.54, 1.807) is 6.07 Å². The van der Waals surface area contributed by atoms with Gasteiger partial charge >= 0.3 is 0 Å². The summed E-state index contributed by atoms with van der Waals surface area (Å²) in [6, 6.07) is 7.71. The molecule has 1 spiro atoms. The van der Waals surface area contributed by atoms with Crippen molar-refractivity contribution in [2.75, 3.05) is 19.6 Å². The van der Waals surface area contributed by atoms with Crippen molar-refractivity contribution in [3.8, 4) is 6.07 Å². The van der Waals surface area contributed by atoms with Crippen molar-refractivity contribution in [2.45, 2.75) is 44.9 Å². The number of hydrogen-bond acceptors (Lipinski definition) is 5. The van der Waals surface area contributed by atoms with Gasteiger partial charge in [-0.25, -0.2) is 0 Å². The third kappa shape index (κ3) is 3.30. The van der Waals surface area contributed by atoms with Crippen molar-refractivity contribution >= 4 is 17.3 Å². The number of rotatable bonds is 5. The van der Waals surface area contributed by atoms with Gasteiger partial charge in [-0.15, -0.1) is 0 Å². The Balaban J connectivity index is 1.71. The van der Waals surface area contributed by atoms with Crippen LogP contribution in [0.3, 0.4) is 0 Å². The maximum Gasteiger partial charge on any atom is 0.179 e. The van der Waals surface area contributed by atoms with Gasteiger partial charge in [0.25, 0.3) is 0 Å². The molecule has 0 bridgehead atoms. The quantitative estimate of drug-likeness (QED) is 0.813. The zero-order valence-corrected chi connectivity index (χ0v) is 15.6. The number of nitriles is 1. The Labute approximate surface area is 159 Å². The third-order valence-electron chi connectivity index (χ3n) is 6.37. The minimum atomic E-state index is -0.117. The van der Waals surface area contributed by atoms with Crippen LogP contribution in [-0.2, 0) is 11.2 Å². The number of Topliss-reactive ketones (excluding diaryl/α,β-unsaturated/α-hetero) is 2. The molecule has 0 aromatic heterocycles. The summed E-state index contributed by atoms with van der Waals surface area (Å²) in [6.45, 7) is 2.24. The Morgan fingerprint density at radius 1 is 1.22 bits per heavy atom. The van der Waals surface area contributed by atoms with E-state index in [0.717, 1.165) is 42.8 Å². The Morgan fingerprint density at radius 3 is 2.59 bits per heavy atom. The standard InChI is InChI=1S/C22H25N3O2/c23-9-1-2-19(26)16-4-3-15-13-20(27)18(14-24)21(17(15)12-16)25-10-7-22(5-6-22)8-11-25/h3-4,12H,1-2,5-11,13,23H2. The van der Waals surface area contributed by atoms with Crippen molar-refractivity contribution in [3.63, 3.8) is 0 Å². The molecule has 140 valence electrons. The monoisotopic (exact) mass is 363 g/mol. The summed E-state index contributed by atoms with van der Waals surface area (Å²) in [5.74, 6) is -0.0532. The lowest BCUT2D eigenvalue weighted by Gasteiger charge is -2.37. The number of likely N-dealkylation sites (tertiary alicyclic amines) is 1. The number of carbonyl (C=O) groups excluding carboxylic acids is 2. The van der Waals surface area contributed by atoms with E-state index in [-0.39, 0.29) is 23.6 Å². The van der Waals surface area contributed by atoms with Crippen molar-refractivity contribution in [3.05, 3.63) is 40.5 Å². The lowest BCUT2D eigenvalue weighted by Crippen LogP contribution is -2.36. The van der Waals surface area contributed by atoms with Crippen LogP contribution in [-0.4, -0.2) is 36.1 Å². The summed E-state index contributed by atoms with van der Waals surface area (Å²) in [6.07, 6.45) is 6.17. The molecule has 1 heterocycles. The van der Waals surface area contributed by atoms with E-state index in [1.807, 2.05) is 12.1 Å². The Bertz CT molecular complexity index is 864. The fraction of sp³-hybridized carbons (Fsp3) is 0.500. The topological polar surface area (TPSA) is 87.2 Å². The number of piperidine rings is 1. The van der Waals surface area contributed by atoms with Gasteiger partial charge in [0.05, 0.1) is 5.70 Å². The molecule has 2 N–H and O–H groups in total. The second-order valence-corrected chi connectivity index (χ2v) is 8.11. The number of nitrogens with two attached hydrogens (primary N) is 1. The lowest BCUT2D eigenvalue weighted by molar-refractivity contribution is -0.114. The average molecular weight is 363 g/mol. The molecule has 0 atom stereocenters. The first-order valence-corrected chi connectivity index (χ1v) is 9.86. The first-order chi connectivity index (χ1) is 13.1. The molecule has 5 heteroatoms. The van der Waals surface area contributed by atoms with Crippen molar-refractivity contribution < 1.29 is 9.59 Å². The molecule has 2 fully saturated rings. The van der Waals surface area contributed by atoms with Crippen LogP contribution in [0.1, 0.15) is 60.0 Å². The maximum atomic E-state index is 12.6. The summed E-state index contributed by atoms with van der Waals surface area (Å²) in [7, 11) is 0. The molecule has 5 nitrogen and oxygen atoms in total. The molecule has 2 aliphatic carbocycles. The largest absolute Gasteiger partial charge is 0.370 e. The smallest absolute Gasteiger partial charge is 0.179 e. The first-order valence-electron chi connectivity index (χ1n) is 9.86. The number of carbonyl (C=O) groups is 2. The number of nitrogens with zero attached hydrogens (tertiary/aromatic N) is 2. The number of allylic oxidation sites excluding steroid dienone is 1. The van der Waals surface area contributed by atoms with Gasteiger partial charge in [0.2, 0.25) is 0 Å². The predicted molar refractivity (Wildman–Crippen MR) is 103 cm³/mol. The van der Waals surface area contributed by atoms with Crippen LogP contribution in [0.2, 0.25) is 0 Å². The highest BCUT2D eigenvalue weighted by atomic mass is 16.1. The Hall–Kier alpha value is -2.45. The van der Waals surface area contributed by atoms with Crippen LogP contribution in [0.4, 0.5) is 0 Å². The van der Waals surface area contributed by atoms with Crippen LogP contribution in [0.25, 0.3) is 5.70 Å². The van der Waals surface area contributed by atoms with Gasteiger partial charge in [0, 0.05) is 37.1 Å². The minimum absolute atomic E-state index is 0.0635. The highest BCUT2D eigenvalue weighted by molar-refractivity contribution is 6.10. The predicted octanol–water partition coefficient (Wildman–Crippen LogP) is 2.84. The van der Waals surface area contributed by atoms with E-state index in [1.165, 1.54) is 12.8 Å². The van der Waals surface area contributed by atoms with Gasteiger partial charge in [-0.3, -0.25) is 9.59 Å². The van der Waals surface area contributed by atoms with Gasteiger partial charge < -0.3 is 10.6 Å². The van der Waals surface area contributed by atoms with E-state index in [9.17, 15) is 14.9 Å². The summed E-state index contributed by atoms with van der Waals surface area (Å²) in [5, 5.41) is 9.66. The van der Waals surface area contributed by atoms with E-state index in [2.05, 4.69) is 11.0 Å². The molecule has 1 aromatic rings. The Kier molecular flexibility index (Phi) is 4.61. The molecule has 3 aliphatic rings. The lowest BCUT2D eigenvalue weighted by atomic mass is 9.84. The molecule has 27 heavy (non-hydrogen) atoms. The summed E-state index contributed by atoms with van der Waals surface area (Å²) in [4.78, 5) is 27.2.